The van der Waals surface area contributed by atoms with Crippen LogP contribution in [0.5, 0.6) is 5.75 Å². The van der Waals surface area contributed by atoms with Gasteiger partial charge in [-0.15, -0.1) is 11.3 Å². The predicted octanol–water partition coefficient (Wildman–Crippen LogP) is 3.50. The number of nitrogens with zero attached hydrogens (tertiary/aromatic N) is 1. The van der Waals surface area contributed by atoms with E-state index in [0.717, 1.165) is 10.4 Å². The predicted molar refractivity (Wildman–Crippen MR) is 79.5 cm³/mol. The summed E-state index contributed by atoms with van der Waals surface area (Å²) < 4.78 is 5.19. The van der Waals surface area contributed by atoms with E-state index in [1.54, 1.807) is 18.2 Å². The summed E-state index contributed by atoms with van der Waals surface area (Å²) in [5.41, 5.74) is 1.87. The van der Waals surface area contributed by atoms with Gasteiger partial charge in [-0.05, 0) is 37.6 Å². The second-order valence-electron chi connectivity index (χ2n) is 4.30. The first-order valence-electron chi connectivity index (χ1n) is 6.02. The lowest BCUT2D eigenvalue weighted by Crippen LogP contribution is -2.12. The van der Waals surface area contributed by atoms with Crippen molar-refractivity contribution in [1.29, 1.82) is 5.26 Å². The van der Waals surface area contributed by atoms with E-state index in [9.17, 15) is 4.79 Å². The largest absolute Gasteiger partial charge is 0.495 e. The van der Waals surface area contributed by atoms with Crippen LogP contribution >= 0.6 is 11.3 Å². The molecule has 0 bridgehead atoms. The highest BCUT2D eigenvalue weighted by molar-refractivity contribution is 7.14. The highest BCUT2D eigenvalue weighted by Gasteiger charge is 2.15. The lowest BCUT2D eigenvalue weighted by Gasteiger charge is -2.10. The summed E-state index contributed by atoms with van der Waals surface area (Å²) in [4.78, 5) is 14.0. The molecule has 0 aliphatic rings. The molecule has 0 unspecified atom stereocenters. The zero-order chi connectivity index (χ0) is 14.7. The molecule has 1 aromatic carbocycles. The zero-order valence-corrected chi connectivity index (χ0v) is 12.3. The molecule has 0 saturated carbocycles. The number of ether oxygens (including phenoxy) is 1. The number of aryl methyl sites for hydroxylation is 2. The highest BCUT2D eigenvalue weighted by Crippen LogP contribution is 2.29. The summed E-state index contributed by atoms with van der Waals surface area (Å²) in [6, 6.07) is 8.96. The van der Waals surface area contributed by atoms with Gasteiger partial charge in [0.25, 0.3) is 5.91 Å². The molecule has 20 heavy (non-hydrogen) atoms. The Labute approximate surface area is 121 Å². The van der Waals surface area contributed by atoms with Crippen LogP contribution in [0.3, 0.4) is 0 Å². The molecule has 0 aliphatic carbocycles. The average Bonchev–Trinajstić information content (AvgIpc) is 2.79. The van der Waals surface area contributed by atoms with Crippen LogP contribution in [-0.4, -0.2) is 13.0 Å². The first kappa shape index (κ1) is 14.1. The van der Waals surface area contributed by atoms with Crippen LogP contribution in [0.4, 0.5) is 5.69 Å². The van der Waals surface area contributed by atoms with Gasteiger partial charge >= 0.3 is 0 Å². The van der Waals surface area contributed by atoms with E-state index in [2.05, 4.69) is 11.4 Å². The number of methoxy groups -OCH3 is 1. The number of rotatable bonds is 3. The second-order valence-corrected chi connectivity index (χ2v) is 5.55. The maximum Gasteiger partial charge on any atom is 0.265 e. The average molecular weight is 286 g/mol. The molecule has 1 amide bonds. The number of thiophene rings is 1. The van der Waals surface area contributed by atoms with Gasteiger partial charge in [-0.2, -0.15) is 5.26 Å². The summed E-state index contributed by atoms with van der Waals surface area (Å²) in [7, 11) is 1.51. The Morgan fingerprint density at radius 1 is 1.40 bits per heavy atom. The Bertz CT molecular complexity index is 679. The smallest absolute Gasteiger partial charge is 0.265 e. The molecule has 1 N–H and O–H groups in total. The van der Waals surface area contributed by atoms with Crippen LogP contribution in [0.15, 0.2) is 24.3 Å². The van der Waals surface area contributed by atoms with Crippen molar-refractivity contribution in [3.05, 3.63) is 45.1 Å². The Morgan fingerprint density at radius 2 is 2.15 bits per heavy atom. The molecular weight excluding hydrogens is 272 g/mol. The molecule has 102 valence electrons. The van der Waals surface area contributed by atoms with Crippen molar-refractivity contribution in [1.82, 2.24) is 0 Å². The molecule has 0 atom stereocenters. The highest BCUT2D eigenvalue weighted by atomic mass is 32.1. The SMILES string of the molecule is COc1cccc(C#N)c1NC(=O)c1cc(C)c(C)s1. The molecule has 0 fully saturated rings. The normalized spacial score (nSPS) is 9.90. The van der Waals surface area contributed by atoms with Crippen LogP contribution in [0, 0.1) is 25.2 Å². The third-order valence-corrected chi connectivity index (χ3v) is 4.15. The second kappa shape index (κ2) is 5.76. The number of nitriles is 1. The number of amides is 1. The first-order chi connectivity index (χ1) is 9.56. The summed E-state index contributed by atoms with van der Waals surface area (Å²) in [5.74, 6) is 0.245. The molecule has 1 heterocycles. The summed E-state index contributed by atoms with van der Waals surface area (Å²) in [5, 5.41) is 11.9. The van der Waals surface area contributed by atoms with Crippen LogP contribution in [0.2, 0.25) is 0 Å². The van der Waals surface area contributed by atoms with Crippen LogP contribution in [-0.2, 0) is 0 Å². The number of hydrogen-bond donors (Lipinski definition) is 1. The molecule has 1 aromatic heterocycles. The fourth-order valence-electron chi connectivity index (χ4n) is 1.78. The topological polar surface area (TPSA) is 62.1 Å². The summed E-state index contributed by atoms with van der Waals surface area (Å²) in [6.45, 7) is 3.94. The minimum absolute atomic E-state index is 0.229. The van der Waals surface area contributed by atoms with E-state index in [0.29, 0.717) is 21.9 Å². The fraction of sp³-hybridized carbons (Fsp3) is 0.200. The number of anilines is 1. The van der Waals surface area contributed by atoms with Crippen molar-refractivity contribution in [3.63, 3.8) is 0 Å². The van der Waals surface area contributed by atoms with Gasteiger partial charge in [-0.3, -0.25) is 4.79 Å². The van der Waals surface area contributed by atoms with Crippen molar-refractivity contribution < 1.29 is 9.53 Å². The van der Waals surface area contributed by atoms with Gasteiger partial charge in [-0.1, -0.05) is 6.07 Å². The van der Waals surface area contributed by atoms with Gasteiger partial charge in [0.1, 0.15) is 17.5 Å². The maximum absolute atomic E-state index is 12.3. The van der Waals surface area contributed by atoms with Crippen molar-refractivity contribution in [2.24, 2.45) is 0 Å². The van der Waals surface area contributed by atoms with E-state index in [1.165, 1.54) is 18.4 Å². The maximum atomic E-state index is 12.3. The van der Waals surface area contributed by atoms with Gasteiger partial charge in [-0.25, -0.2) is 0 Å². The minimum atomic E-state index is -0.229. The monoisotopic (exact) mass is 286 g/mol. The Kier molecular flexibility index (Phi) is 4.06. The number of benzene rings is 1. The Morgan fingerprint density at radius 3 is 2.70 bits per heavy atom. The van der Waals surface area contributed by atoms with Crippen molar-refractivity contribution >= 4 is 22.9 Å². The molecule has 2 rings (SSSR count). The number of para-hydroxylation sites is 1. The summed E-state index contributed by atoms with van der Waals surface area (Å²) >= 11 is 1.43. The fourth-order valence-corrected chi connectivity index (χ4v) is 2.71. The number of hydrogen-bond acceptors (Lipinski definition) is 4. The first-order valence-corrected chi connectivity index (χ1v) is 6.84. The van der Waals surface area contributed by atoms with E-state index >= 15 is 0 Å². The Hall–Kier alpha value is -2.32. The van der Waals surface area contributed by atoms with Gasteiger partial charge in [0.15, 0.2) is 0 Å². The van der Waals surface area contributed by atoms with E-state index in [4.69, 9.17) is 10.00 Å². The van der Waals surface area contributed by atoms with Gasteiger partial charge in [0, 0.05) is 4.88 Å². The molecule has 0 aliphatic heterocycles. The lowest BCUT2D eigenvalue weighted by molar-refractivity contribution is 0.103. The van der Waals surface area contributed by atoms with Crippen LogP contribution in [0.25, 0.3) is 0 Å². The molecule has 2 aromatic rings. The third kappa shape index (κ3) is 2.65. The number of carbonyl (C=O) groups is 1. The molecular formula is C15H14N2O2S. The van der Waals surface area contributed by atoms with Crippen LogP contribution in [0.1, 0.15) is 25.7 Å². The van der Waals surface area contributed by atoms with Crippen molar-refractivity contribution in [2.75, 3.05) is 12.4 Å². The number of carbonyl (C=O) groups excluding carboxylic acids is 1. The zero-order valence-electron chi connectivity index (χ0n) is 11.5. The van der Waals surface area contributed by atoms with Crippen molar-refractivity contribution in [3.8, 4) is 11.8 Å². The van der Waals surface area contributed by atoms with E-state index in [1.807, 2.05) is 19.9 Å². The van der Waals surface area contributed by atoms with Gasteiger partial charge < -0.3 is 10.1 Å². The van der Waals surface area contributed by atoms with Gasteiger partial charge in [0.05, 0.1) is 17.6 Å². The molecule has 0 saturated heterocycles. The quantitative estimate of drug-likeness (QED) is 0.939. The molecule has 5 heteroatoms. The molecule has 0 spiro atoms. The van der Waals surface area contributed by atoms with Gasteiger partial charge in [0.2, 0.25) is 0 Å². The standard InChI is InChI=1S/C15H14N2O2S/c1-9-7-13(20-10(9)2)15(18)17-14-11(8-16)5-4-6-12(14)19-3/h4-7H,1-3H3,(H,17,18). The molecule has 4 nitrogen and oxygen atoms in total. The Balaban J connectivity index is 2.35. The van der Waals surface area contributed by atoms with E-state index < -0.39 is 0 Å². The third-order valence-electron chi connectivity index (χ3n) is 2.99. The van der Waals surface area contributed by atoms with Crippen molar-refractivity contribution in [2.45, 2.75) is 13.8 Å². The lowest BCUT2D eigenvalue weighted by atomic mass is 10.1. The van der Waals surface area contributed by atoms with Crippen LogP contribution < -0.4 is 10.1 Å². The number of nitrogens with one attached hydrogen (secondary N) is 1. The van der Waals surface area contributed by atoms with E-state index in [-0.39, 0.29) is 5.91 Å². The minimum Gasteiger partial charge on any atom is -0.495 e. The summed E-state index contributed by atoms with van der Waals surface area (Å²) in [6.07, 6.45) is 0. The molecule has 0 radical (unpaired) electrons.